The van der Waals surface area contributed by atoms with Crippen LogP contribution in [-0.2, 0) is 4.79 Å². The minimum atomic E-state index is -0.775. The highest BCUT2D eigenvalue weighted by molar-refractivity contribution is 6.06. The van der Waals surface area contributed by atoms with Gasteiger partial charge < -0.3 is 15.8 Å². The summed E-state index contributed by atoms with van der Waals surface area (Å²) in [5, 5.41) is 8.52. The van der Waals surface area contributed by atoms with Crippen molar-refractivity contribution in [1.82, 2.24) is 4.98 Å². The first-order valence-corrected chi connectivity index (χ1v) is 4.32. The fourth-order valence-electron chi connectivity index (χ4n) is 0.713. The summed E-state index contributed by atoms with van der Waals surface area (Å²) in [6, 6.07) is -0.379. The van der Waals surface area contributed by atoms with E-state index in [1.165, 1.54) is 0 Å². The molecule has 0 aliphatic rings. The second-order valence-electron chi connectivity index (χ2n) is 2.11. The SMILES string of the molecule is NCCC[C@H](N[SiH3])C(=O)O. The Labute approximate surface area is 63.3 Å². The second-order valence-corrected chi connectivity index (χ2v) is 2.69. The van der Waals surface area contributed by atoms with Crippen LogP contribution in [0, 0.1) is 0 Å². The van der Waals surface area contributed by atoms with Crippen molar-refractivity contribution in [3.8, 4) is 0 Å². The minimum absolute atomic E-state index is 0.379. The fraction of sp³-hybridized carbons (Fsp3) is 0.800. The normalized spacial score (nSPS) is 13.3. The molecule has 0 aromatic carbocycles. The van der Waals surface area contributed by atoms with Gasteiger partial charge in [0.15, 0.2) is 0 Å². The smallest absolute Gasteiger partial charge is 0.320 e. The Morgan fingerprint density at radius 3 is 2.70 bits per heavy atom. The van der Waals surface area contributed by atoms with Crippen molar-refractivity contribution in [2.75, 3.05) is 6.54 Å². The summed E-state index contributed by atoms with van der Waals surface area (Å²) in [7, 11) is 0.715. The summed E-state index contributed by atoms with van der Waals surface area (Å²) >= 11 is 0. The van der Waals surface area contributed by atoms with Gasteiger partial charge >= 0.3 is 5.97 Å². The van der Waals surface area contributed by atoms with Gasteiger partial charge in [-0.1, -0.05) is 0 Å². The maximum Gasteiger partial charge on any atom is 0.320 e. The maximum atomic E-state index is 10.4. The second kappa shape index (κ2) is 5.40. The zero-order valence-corrected chi connectivity index (χ0v) is 8.13. The Balaban J connectivity index is 3.50. The molecule has 0 aromatic rings. The molecule has 0 heterocycles. The molecule has 0 saturated heterocycles. The number of aliphatic carboxylic acids is 1. The van der Waals surface area contributed by atoms with Crippen molar-refractivity contribution < 1.29 is 9.90 Å². The van der Waals surface area contributed by atoms with Crippen LogP contribution >= 0.6 is 0 Å². The molecule has 0 fully saturated rings. The van der Waals surface area contributed by atoms with Crippen LogP contribution in [0.3, 0.4) is 0 Å². The lowest BCUT2D eigenvalue weighted by Gasteiger charge is -2.08. The van der Waals surface area contributed by atoms with Crippen LogP contribution in [0.25, 0.3) is 0 Å². The molecule has 4 nitrogen and oxygen atoms in total. The van der Waals surface area contributed by atoms with Crippen LogP contribution in [0.15, 0.2) is 0 Å². The highest BCUT2D eigenvalue weighted by atomic mass is 28.2. The Hall–Kier alpha value is -0.393. The van der Waals surface area contributed by atoms with Crippen molar-refractivity contribution in [3.05, 3.63) is 0 Å². The molecule has 4 N–H and O–H groups in total. The molecule has 0 radical (unpaired) electrons. The molecule has 0 aliphatic carbocycles. The first kappa shape index (κ1) is 9.61. The van der Waals surface area contributed by atoms with E-state index in [2.05, 4.69) is 4.98 Å². The quantitative estimate of drug-likeness (QED) is 0.411. The third-order valence-corrected chi connectivity index (χ3v) is 2.04. The van der Waals surface area contributed by atoms with Gasteiger partial charge in [0.25, 0.3) is 0 Å². The molecular weight excluding hydrogens is 148 g/mol. The molecule has 0 spiro atoms. The Bertz CT molecular complexity index is 110. The summed E-state index contributed by atoms with van der Waals surface area (Å²) in [6.45, 7) is 0.563. The van der Waals surface area contributed by atoms with Gasteiger partial charge in [0, 0.05) is 0 Å². The molecule has 0 bridgehead atoms. The van der Waals surface area contributed by atoms with Crippen LogP contribution in [0.5, 0.6) is 0 Å². The van der Waals surface area contributed by atoms with E-state index in [9.17, 15) is 4.79 Å². The fourth-order valence-corrected chi connectivity index (χ4v) is 1.25. The van der Waals surface area contributed by atoms with Gasteiger partial charge in [-0.25, -0.2) is 0 Å². The summed E-state index contributed by atoms with van der Waals surface area (Å²) in [6.07, 6.45) is 1.40. The lowest BCUT2D eigenvalue weighted by molar-refractivity contribution is -0.139. The molecular formula is C5H14N2O2Si. The lowest BCUT2D eigenvalue weighted by atomic mass is 10.2. The third-order valence-electron chi connectivity index (χ3n) is 1.34. The Morgan fingerprint density at radius 1 is 1.80 bits per heavy atom. The van der Waals surface area contributed by atoms with E-state index in [-0.39, 0.29) is 6.04 Å². The van der Waals surface area contributed by atoms with E-state index >= 15 is 0 Å². The minimum Gasteiger partial charge on any atom is -0.480 e. The summed E-state index contributed by atoms with van der Waals surface area (Å²) in [5.74, 6) is -0.775. The molecule has 0 rings (SSSR count). The molecule has 0 amide bonds. The van der Waals surface area contributed by atoms with E-state index in [1.807, 2.05) is 0 Å². The Morgan fingerprint density at radius 2 is 2.40 bits per heavy atom. The summed E-state index contributed by atoms with van der Waals surface area (Å²) < 4.78 is 0. The first-order chi connectivity index (χ1) is 4.72. The third kappa shape index (κ3) is 3.60. The molecule has 0 unspecified atom stereocenters. The van der Waals surface area contributed by atoms with E-state index < -0.39 is 5.97 Å². The van der Waals surface area contributed by atoms with Crippen LogP contribution in [0.4, 0.5) is 0 Å². The van der Waals surface area contributed by atoms with Crippen molar-refractivity contribution in [2.24, 2.45) is 5.73 Å². The monoisotopic (exact) mass is 162 g/mol. The lowest BCUT2D eigenvalue weighted by Crippen LogP contribution is -2.35. The van der Waals surface area contributed by atoms with Gasteiger partial charge in [-0.15, -0.1) is 0 Å². The molecule has 10 heavy (non-hydrogen) atoms. The van der Waals surface area contributed by atoms with Crippen LogP contribution in [0.1, 0.15) is 12.8 Å². The van der Waals surface area contributed by atoms with Crippen LogP contribution < -0.4 is 10.7 Å². The Kier molecular flexibility index (Phi) is 5.18. The average Bonchev–Trinajstić information content (AvgIpc) is 1.89. The highest BCUT2D eigenvalue weighted by Crippen LogP contribution is 1.94. The van der Waals surface area contributed by atoms with E-state index in [1.54, 1.807) is 0 Å². The average molecular weight is 162 g/mol. The number of hydrogen-bond acceptors (Lipinski definition) is 3. The molecule has 60 valence electrons. The number of nitrogens with two attached hydrogens (primary N) is 1. The van der Waals surface area contributed by atoms with Crippen molar-refractivity contribution in [2.45, 2.75) is 18.9 Å². The molecule has 0 saturated carbocycles. The van der Waals surface area contributed by atoms with Crippen molar-refractivity contribution in [1.29, 1.82) is 0 Å². The number of carbonyl (C=O) groups is 1. The van der Waals surface area contributed by atoms with Crippen LogP contribution in [0.2, 0.25) is 0 Å². The number of nitrogens with one attached hydrogen (secondary N) is 1. The van der Waals surface area contributed by atoms with Crippen molar-refractivity contribution in [3.63, 3.8) is 0 Å². The van der Waals surface area contributed by atoms with Gasteiger partial charge in [-0.05, 0) is 19.4 Å². The number of carboxylic acids is 1. The van der Waals surface area contributed by atoms with Gasteiger partial charge in [0.2, 0.25) is 0 Å². The van der Waals surface area contributed by atoms with Gasteiger partial charge in [0.05, 0.1) is 16.4 Å². The zero-order valence-electron chi connectivity index (χ0n) is 6.13. The number of rotatable bonds is 5. The molecule has 0 aromatic heterocycles. The highest BCUT2D eigenvalue weighted by Gasteiger charge is 2.12. The molecule has 1 atom stereocenters. The van der Waals surface area contributed by atoms with Gasteiger partial charge in [-0.3, -0.25) is 4.79 Å². The number of carboxylic acid groups (broad SMARTS) is 1. The predicted octanol–water partition coefficient (Wildman–Crippen LogP) is -1.95. The van der Waals surface area contributed by atoms with Crippen LogP contribution in [-0.4, -0.2) is 34.1 Å². The van der Waals surface area contributed by atoms with Crippen molar-refractivity contribution >= 4 is 16.4 Å². The van der Waals surface area contributed by atoms with Gasteiger partial charge in [0.1, 0.15) is 0 Å². The summed E-state index contributed by atoms with van der Waals surface area (Å²) in [4.78, 5) is 13.2. The zero-order chi connectivity index (χ0) is 7.98. The molecule has 0 aliphatic heterocycles. The first-order valence-electron chi connectivity index (χ1n) is 3.32. The van der Waals surface area contributed by atoms with E-state index in [4.69, 9.17) is 10.8 Å². The van der Waals surface area contributed by atoms with E-state index in [0.717, 1.165) is 6.42 Å². The standard InChI is InChI=1S/C5H14N2O2Si/c6-3-1-2-4(7-10)5(8)9/h4,7H,1-3,6H2,10H3,(H,8,9)/t4-/m0/s1. The summed E-state index contributed by atoms with van der Waals surface area (Å²) in [5.41, 5.74) is 5.22. The van der Waals surface area contributed by atoms with E-state index in [0.29, 0.717) is 23.4 Å². The predicted molar refractivity (Wildman–Crippen MR) is 42.8 cm³/mol. The van der Waals surface area contributed by atoms with Gasteiger partial charge in [-0.2, -0.15) is 0 Å². The topological polar surface area (TPSA) is 75.3 Å². The number of hydrogen-bond donors (Lipinski definition) is 3. The molecule has 5 heteroatoms. The largest absolute Gasteiger partial charge is 0.480 e. The maximum absolute atomic E-state index is 10.4.